The molecule has 0 saturated carbocycles. The van der Waals surface area contributed by atoms with Crippen LogP contribution in [-0.4, -0.2) is 68.0 Å². The van der Waals surface area contributed by atoms with Crippen molar-refractivity contribution in [2.45, 2.75) is 30.5 Å². The maximum Gasteiger partial charge on any atom is 0.335 e. The van der Waals surface area contributed by atoms with Gasteiger partial charge in [0.25, 0.3) is 0 Å². The largest absolute Gasteiger partial charge is 0.479 e. The van der Waals surface area contributed by atoms with Crippen molar-refractivity contribution in [2.24, 2.45) is 0 Å². The van der Waals surface area contributed by atoms with Gasteiger partial charge >= 0.3 is 11.9 Å². The van der Waals surface area contributed by atoms with Crippen molar-refractivity contribution in [1.82, 2.24) is 0 Å². The first kappa shape index (κ1) is 11.9. The highest BCUT2D eigenvalue weighted by Gasteiger charge is 2.49. The van der Waals surface area contributed by atoms with Crippen LogP contribution < -0.4 is 0 Å². The van der Waals surface area contributed by atoms with E-state index in [9.17, 15) is 14.7 Å². The molecule has 1 aliphatic rings. The number of ether oxygens (including phenoxy) is 1. The molecule has 1 saturated heterocycles. The van der Waals surface area contributed by atoms with Gasteiger partial charge in [0.15, 0.2) is 12.2 Å². The molecular formula is C7H10O8. The average molecular weight is 222 g/mol. The summed E-state index contributed by atoms with van der Waals surface area (Å²) in [6.45, 7) is 0. The highest BCUT2D eigenvalue weighted by atomic mass is 16.6. The molecule has 0 amide bonds. The SMILES string of the molecule is O=C(O)[C@H]1O[C@@H](C(=O)O)[C@H](O)[C@@H](O)[C@@H]1O. The van der Waals surface area contributed by atoms with Crippen LogP contribution in [0.15, 0.2) is 0 Å². The molecule has 8 heteroatoms. The molecule has 0 radical (unpaired) electrons. The fraction of sp³-hybridized carbons (Fsp3) is 0.714. The Balaban J connectivity index is 2.89. The number of carboxylic acids is 2. The van der Waals surface area contributed by atoms with E-state index < -0.39 is 42.5 Å². The van der Waals surface area contributed by atoms with E-state index in [-0.39, 0.29) is 0 Å². The molecule has 0 spiro atoms. The molecule has 5 N–H and O–H groups in total. The van der Waals surface area contributed by atoms with E-state index in [0.717, 1.165) is 0 Å². The number of hydrogen-bond donors (Lipinski definition) is 5. The molecule has 0 aliphatic carbocycles. The maximum absolute atomic E-state index is 10.5. The van der Waals surface area contributed by atoms with Gasteiger partial charge in [-0.15, -0.1) is 0 Å². The van der Waals surface area contributed by atoms with Gasteiger partial charge in [0.1, 0.15) is 18.3 Å². The van der Waals surface area contributed by atoms with Crippen LogP contribution in [0.2, 0.25) is 0 Å². The summed E-state index contributed by atoms with van der Waals surface area (Å²) < 4.78 is 4.45. The van der Waals surface area contributed by atoms with Gasteiger partial charge in [0, 0.05) is 0 Å². The summed E-state index contributed by atoms with van der Waals surface area (Å²) >= 11 is 0. The zero-order chi connectivity index (χ0) is 11.7. The van der Waals surface area contributed by atoms with Crippen molar-refractivity contribution < 1.29 is 39.9 Å². The Labute approximate surface area is 83.3 Å². The normalized spacial score (nSPS) is 41.1. The minimum atomic E-state index is -1.87. The first-order valence-electron chi connectivity index (χ1n) is 4.01. The number of aliphatic hydroxyl groups is 3. The predicted octanol–water partition coefficient (Wildman–Crippen LogP) is -2.99. The van der Waals surface area contributed by atoms with Gasteiger partial charge in [-0.3, -0.25) is 0 Å². The summed E-state index contributed by atoms with van der Waals surface area (Å²) in [6.07, 6.45) is -9.35. The Bertz CT molecular complexity index is 250. The lowest BCUT2D eigenvalue weighted by Gasteiger charge is -2.36. The molecule has 1 aliphatic heterocycles. The van der Waals surface area contributed by atoms with Crippen LogP contribution in [0.1, 0.15) is 0 Å². The fourth-order valence-corrected chi connectivity index (χ4v) is 1.29. The molecule has 1 heterocycles. The van der Waals surface area contributed by atoms with Crippen molar-refractivity contribution in [3.63, 3.8) is 0 Å². The number of carboxylic acid groups (broad SMARTS) is 2. The number of carbonyl (C=O) groups is 2. The molecule has 1 fully saturated rings. The smallest absolute Gasteiger partial charge is 0.335 e. The molecule has 1 rings (SSSR count). The van der Waals surface area contributed by atoms with E-state index in [1.807, 2.05) is 0 Å². The Hall–Kier alpha value is -1.22. The Kier molecular flexibility index (Phi) is 3.25. The number of rotatable bonds is 2. The van der Waals surface area contributed by atoms with Gasteiger partial charge in [-0.1, -0.05) is 0 Å². The van der Waals surface area contributed by atoms with Crippen molar-refractivity contribution in [3.05, 3.63) is 0 Å². The minimum Gasteiger partial charge on any atom is -0.479 e. The lowest BCUT2D eigenvalue weighted by atomic mass is 9.95. The minimum absolute atomic E-state index is 1.61. The van der Waals surface area contributed by atoms with E-state index in [4.69, 9.17) is 20.4 Å². The summed E-state index contributed by atoms with van der Waals surface area (Å²) in [6, 6.07) is 0. The molecule has 0 aromatic carbocycles. The second-order valence-electron chi connectivity index (χ2n) is 3.13. The lowest BCUT2D eigenvalue weighted by molar-refractivity contribution is -0.231. The van der Waals surface area contributed by atoms with Gasteiger partial charge in [-0.25, -0.2) is 9.59 Å². The number of aliphatic carboxylic acids is 2. The molecule has 0 aromatic heterocycles. The van der Waals surface area contributed by atoms with Crippen LogP contribution in [0, 0.1) is 0 Å². The molecule has 86 valence electrons. The third-order valence-electron chi connectivity index (χ3n) is 2.10. The van der Waals surface area contributed by atoms with Gasteiger partial charge in [-0.05, 0) is 0 Å². The monoisotopic (exact) mass is 222 g/mol. The summed E-state index contributed by atoms with van der Waals surface area (Å²) in [7, 11) is 0. The second kappa shape index (κ2) is 4.11. The van der Waals surface area contributed by atoms with Crippen LogP contribution in [0.4, 0.5) is 0 Å². The highest BCUT2D eigenvalue weighted by Crippen LogP contribution is 2.21. The maximum atomic E-state index is 10.5. The van der Waals surface area contributed by atoms with Gasteiger partial charge < -0.3 is 30.3 Å². The quantitative estimate of drug-likeness (QED) is 0.332. The molecular weight excluding hydrogens is 212 g/mol. The lowest BCUT2D eigenvalue weighted by Crippen LogP contribution is -2.61. The number of aliphatic hydroxyl groups excluding tert-OH is 3. The van der Waals surface area contributed by atoms with Crippen LogP contribution in [0.5, 0.6) is 0 Å². The van der Waals surface area contributed by atoms with Crippen LogP contribution in [0.25, 0.3) is 0 Å². The first-order chi connectivity index (χ1) is 6.86. The van der Waals surface area contributed by atoms with Crippen LogP contribution >= 0.6 is 0 Å². The summed E-state index contributed by atoms with van der Waals surface area (Å²) in [5.74, 6) is -3.22. The summed E-state index contributed by atoms with van der Waals surface area (Å²) in [4.78, 5) is 21.0. The van der Waals surface area contributed by atoms with E-state index in [0.29, 0.717) is 0 Å². The predicted molar refractivity (Wildman–Crippen MR) is 42.0 cm³/mol. The third-order valence-corrected chi connectivity index (χ3v) is 2.10. The average Bonchev–Trinajstić information content (AvgIpc) is 2.13. The Morgan fingerprint density at radius 3 is 1.40 bits per heavy atom. The zero-order valence-electron chi connectivity index (χ0n) is 7.35. The molecule has 5 atom stereocenters. The third kappa shape index (κ3) is 2.07. The van der Waals surface area contributed by atoms with Gasteiger partial charge in [0.05, 0.1) is 0 Å². The number of hydrogen-bond acceptors (Lipinski definition) is 6. The van der Waals surface area contributed by atoms with Crippen LogP contribution in [0.3, 0.4) is 0 Å². The topological polar surface area (TPSA) is 145 Å². The van der Waals surface area contributed by atoms with Crippen molar-refractivity contribution in [1.29, 1.82) is 0 Å². The molecule has 15 heavy (non-hydrogen) atoms. The fourth-order valence-electron chi connectivity index (χ4n) is 1.29. The Morgan fingerprint density at radius 2 is 1.13 bits per heavy atom. The van der Waals surface area contributed by atoms with Crippen molar-refractivity contribution >= 4 is 11.9 Å². The molecule has 0 unspecified atom stereocenters. The van der Waals surface area contributed by atoms with E-state index in [1.165, 1.54) is 0 Å². The van der Waals surface area contributed by atoms with E-state index in [1.54, 1.807) is 0 Å². The molecule has 8 nitrogen and oxygen atoms in total. The molecule has 0 bridgehead atoms. The Morgan fingerprint density at radius 1 is 0.800 bits per heavy atom. The van der Waals surface area contributed by atoms with E-state index in [2.05, 4.69) is 4.74 Å². The van der Waals surface area contributed by atoms with Gasteiger partial charge in [0.2, 0.25) is 0 Å². The first-order valence-corrected chi connectivity index (χ1v) is 4.01. The summed E-state index contributed by atoms with van der Waals surface area (Å²) in [5.41, 5.74) is 0. The summed E-state index contributed by atoms with van der Waals surface area (Å²) in [5, 5.41) is 44.6. The zero-order valence-corrected chi connectivity index (χ0v) is 7.35. The van der Waals surface area contributed by atoms with Gasteiger partial charge in [-0.2, -0.15) is 0 Å². The standard InChI is InChI=1S/C7H10O8/c8-1-2(9)4(6(11)12)15-5(3(1)10)7(13)14/h1-5,8-10H,(H,11,12)(H,13,14)/t1-,2-,3+,4-,5+. The van der Waals surface area contributed by atoms with Crippen molar-refractivity contribution in [2.75, 3.05) is 0 Å². The van der Waals surface area contributed by atoms with Crippen molar-refractivity contribution in [3.8, 4) is 0 Å². The van der Waals surface area contributed by atoms with Crippen LogP contribution in [-0.2, 0) is 14.3 Å². The molecule has 0 aromatic rings. The highest BCUT2D eigenvalue weighted by molar-refractivity contribution is 5.77. The second-order valence-corrected chi connectivity index (χ2v) is 3.13. The van der Waals surface area contributed by atoms with E-state index >= 15 is 0 Å².